The molecule has 0 amide bonds. The first-order valence-corrected chi connectivity index (χ1v) is 5.30. The van der Waals surface area contributed by atoms with Gasteiger partial charge in [0.25, 0.3) is 0 Å². The van der Waals surface area contributed by atoms with E-state index in [1.165, 1.54) is 6.07 Å². The fourth-order valence-corrected chi connectivity index (χ4v) is 1.63. The van der Waals surface area contributed by atoms with E-state index in [2.05, 4.69) is 31.1 Å². The van der Waals surface area contributed by atoms with Crippen molar-refractivity contribution in [1.29, 1.82) is 0 Å². The number of hydrogen-bond donors (Lipinski definition) is 1. The highest BCUT2D eigenvalue weighted by atomic mass is 19.1. The SMILES string of the molecule is CCNC(c1ncccc1F)C(C)(C)C. The number of hydrogen-bond acceptors (Lipinski definition) is 2. The minimum Gasteiger partial charge on any atom is -0.308 e. The lowest BCUT2D eigenvalue weighted by molar-refractivity contribution is 0.264. The molecule has 1 heterocycles. The minimum absolute atomic E-state index is 0.0504. The maximum absolute atomic E-state index is 13.6. The van der Waals surface area contributed by atoms with E-state index in [1.807, 2.05) is 6.92 Å². The zero-order valence-electron chi connectivity index (χ0n) is 9.84. The molecule has 0 saturated heterocycles. The summed E-state index contributed by atoms with van der Waals surface area (Å²) in [7, 11) is 0. The molecule has 1 atom stereocenters. The van der Waals surface area contributed by atoms with Crippen LogP contribution in [0.15, 0.2) is 18.3 Å². The molecule has 0 spiro atoms. The van der Waals surface area contributed by atoms with Crippen molar-refractivity contribution in [2.75, 3.05) is 6.54 Å². The molecule has 2 nitrogen and oxygen atoms in total. The summed E-state index contributed by atoms with van der Waals surface area (Å²) in [6, 6.07) is 3.02. The molecule has 0 aromatic carbocycles. The molecule has 0 fully saturated rings. The standard InChI is InChI=1S/C12H19FN2/c1-5-14-11(12(2,3)4)10-9(13)7-6-8-15-10/h6-8,11,14H,5H2,1-4H3. The lowest BCUT2D eigenvalue weighted by atomic mass is 9.84. The molecular formula is C12H19FN2. The summed E-state index contributed by atoms with van der Waals surface area (Å²) in [6.45, 7) is 9.05. The van der Waals surface area contributed by atoms with E-state index in [1.54, 1.807) is 12.3 Å². The molecule has 0 aliphatic carbocycles. The van der Waals surface area contributed by atoms with Crippen molar-refractivity contribution < 1.29 is 4.39 Å². The third-order valence-electron chi connectivity index (χ3n) is 2.33. The minimum atomic E-state index is -0.238. The summed E-state index contributed by atoms with van der Waals surface area (Å²) in [5.41, 5.74) is 0.456. The summed E-state index contributed by atoms with van der Waals surface area (Å²) in [5, 5.41) is 3.28. The van der Waals surface area contributed by atoms with Gasteiger partial charge in [-0.05, 0) is 24.1 Å². The van der Waals surface area contributed by atoms with E-state index < -0.39 is 0 Å². The maximum Gasteiger partial charge on any atom is 0.146 e. The van der Waals surface area contributed by atoms with Crippen LogP contribution in [0.3, 0.4) is 0 Å². The van der Waals surface area contributed by atoms with Crippen LogP contribution in [0.1, 0.15) is 39.4 Å². The van der Waals surface area contributed by atoms with Crippen LogP contribution in [0.2, 0.25) is 0 Å². The van der Waals surface area contributed by atoms with Gasteiger partial charge in [-0.25, -0.2) is 4.39 Å². The Hall–Kier alpha value is -0.960. The third kappa shape index (κ3) is 2.99. The van der Waals surface area contributed by atoms with Crippen molar-refractivity contribution in [1.82, 2.24) is 10.3 Å². The molecule has 15 heavy (non-hydrogen) atoms. The Morgan fingerprint density at radius 2 is 2.13 bits per heavy atom. The average Bonchev–Trinajstić information content (AvgIpc) is 2.14. The average molecular weight is 210 g/mol. The number of pyridine rings is 1. The molecular weight excluding hydrogens is 191 g/mol. The van der Waals surface area contributed by atoms with Gasteiger partial charge < -0.3 is 5.32 Å². The van der Waals surface area contributed by atoms with Gasteiger partial charge in [-0.2, -0.15) is 0 Å². The molecule has 0 aliphatic heterocycles. The maximum atomic E-state index is 13.6. The molecule has 84 valence electrons. The quantitative estimate of drug-likeness (QED) is 0.829. The molecule has 0 bridgehead atoms. The van der Waals surface area contributed by atoms with E-state index in [0.29, 0.717) is 5.69 Å². The topological polar surface area (TPSA) is 24.9 Å². The van der Waals surface area contributed by atoms with Crippen LogP contribution >= 0.6 is 0 Å². The van der Waals surface area contributed by atoms with Crippen LogP contribution in [0, 0.1) is 11.2 Å². The zero-order chi connectivity index (χ0) is 11.5. The third-order valence-corrected chi connectivity index (χ3v) is 2.33. The molecule has 0 aliphatic rings. The molecule has 0 saturated carbocycles. The smallest absolute Gasteiger partial charge is 0.146 e. The van der Waals surface area contributed by atoms with Gasteiger partial charge in [0.2, 0.25) is 0 Å². The lowest BCUT2D eigenvalue weighted by Crippen LogP contribution is -2.33. The predicted octanol–water partition coefficient (Wildman–Crippen LogP) is 2.92. The van der Waals surface area contributed by atoms with Crippen LogP contribution in [-0.4, -0.2) is 11.5 Å². The monoisotopic (exact) mass is 210 g/mol. The van der Waals surface area contributed by atoms with Crippen molar-refractivity contribution in [2.45, 2.75) is 33.7 Å². The number of nitrogens with one attached hydrogen (secondary N) is 1. The first kappa shape index (κ1) is 12.1. The largest absolute Gasteiger partial charge is 0.308 e. The Balaban J connectivity index is 3.05. The van der Waals surface area contributed by atoms with Gasteiger partial charge in [0.1, 0.15) is 5.82 Å². The fraction of sp³-hybridized carbons (Fsp3) is 0.583. The van der Waals surface area contributed by atoms with Crippen LogP contribution in [0.25, 0.3) is 0 Å². The Kier molecular flexibility index (Phi) is 3.80. The van der Waals surface area contributed by atoms with Crippen molar-refractivity contribution in [3.05, 3.63) is 29.8 Å². The predicted molar refractivity (Wildman–Crippen MR) is 60.1 cm³/mol. The number of aromatic nitrogens is 1. The lowest BCUT2D eigenvalue weighted by Gasteiger charge is -2.31. The van der Waals surface area contributed by atoms with Gasteiger partial charge >= 0.3 is 0 Å². The Labute approximate surface area is 90.9 Å². The Morgan fingerprint density at radius 3 is 2.60 bits per heavy atom. The van der Waals surface area contributed by atoms with Crippen LogP contribution < -0.4 is 5.32 Å². The second-order valence-corrected chi connectivity index (χ2v) is 4.73. The number of nitrogens with zero attached hydrogens (tertiary/aromatic N) is 1. The molecule has 1 unspecified atom stereocenters. The highest BCUT2D eigenvalue weighted by molar-refractivity contribution is 5.14. The van der Waals surface area contributed by atoms with Gasteiger partial charge in [0.15, 0.2) is 0 Å². The summed E-state index contributed by atoms with van der Waals surface area (Å²) >= 11 is 0. The zero-order valence-corrected chi connectivity index (χ0v) is 9.84. The number of halogens is 1. The van der Waals surface area contributed by atoms with E-state index in [9.17, 15) is 4.39 Å². The van der Waals surface area contributed by atoms with Crippen LogP contribution in [0.4, 0.5) is 4.39 Å². The van der Waals surface area contributed by atoms with Crippen molar-refractivity contribution in [3.8, 4) is 0 Å². The summed E-state index contributed by atoms with van der Waals surface area (Å²) in [5.74, 6) is -0.238. The van der Waals surface area contributed by atoms with E-state index in [-0.39, 0.29) is 17.3 Å². The first-order valence-electron chi connectivity index (χ1n) is 5.30. The van der Waals surface area contributed by atoms with Crippen molar-refractivity contribution in [3.63, 3.8) is 0 Å². The van der Waals surface area contributed by atoms with Gasteiger partial charge in [-0.3, -0.25) is 4.98 Å². The fourth-order valence-electron chi connectivity index (χ4n) is 1.63. The Bertz CT molecular complexity index is 318. The van der Waals surface area contributed by atoms with Crippen molar-refractivity contribution >= 4 is 0 Å². The van der Waals surface area contributed by atoms with Crippen LogP contribution in [0.5, 0.6) is 0 Å². The second kappa shape index (κ2) is 4.71. The molecule has 1 aromatic heterocycles. The van der Waals surface area contributed by atoms with E-state index in [0.717, 1.165) is 6.54 Å². The molecule has 1 aromatic rings. The molecule has 3 heteroatoms. The number of rotatable bonds is 3. The van der Waals surface area contributed by atoms with Crippen LogP contribution in [-0.2, 0) is 0 Å². The van der Waals surface area contributed by atoms with Gasteiger partial charge in [0, 0.05) is 6.20 Å². The second-order valence-electron chi connectivity index (χ2n) is 4.73. The highest BCUT2D eigenvalue weighted by Gasteiger charge is 2.28. The van der Waals surface area contributed by atoms with Gasteiger partial charge in [0.05, 0.1) is 11.7 Å². The van der Waals surface area contributed by atoms with E-state index >= 15 is 0 Å². The van der Waals surface area contributed by atoms with E-state index in [4.69, 9.17) is 0 Å². The van der Waals surface area contributed by atoms with Gasteiger partial charge in [-0.15, -0.1) is 0 Å². The summed E-state index contributed by atoms with van der Waals surface area (Å²) in [4.78, 5) is 4.13. The van der Waals surface area contributed by atoms with Crippen molar-refractivity contribution in [2.24, 2.45) is 5.41 Å². The highest BCUT2D eigenvalue weighted by Crippen LogP contribution is 2.32. The molecule has 0 radical (unpaired) electrons. The summed E-state index contributed by atoms with van der Waals surface area (Å²) in [6.07, 6.45) is 1.63. The Morgan fingerprint density at radius 1 is 1.47 bits per heavy atom. The molecule has 1 N–H and O–H groups in total. The molecule has 1 rings (SSSR count). The summed E-state index contributed by atoms with van der Waals surface area (Å²) < 4.78 is 13.6. The first-order chi connectivity index (χ1) is 6.96. The van der Waals surface area contributed by atoms with Gasteiger partial charge in [-0.1, -0.05) is 27.7 Å². The normalized spacial score (nSPS) is 13.9.